The Morgan fingerprint density at radius 1 is 1.39 bits per heavy atom. The van der Waals surface area contributed by atoms with Gasteiger partial charge in [-0.3, -0.25) is 4.79 Å². The third kappa shape index (κ3) is 2.23. The molecule has 104 valence electrons. The quantitative estimate of drug-likeness (QED) is 0.757. The Bertz CT molecular complexity index is 340. The van der Waals surface area contributed by atoms with Crippen molar-refractivity contribution in [1.82, 2.24) is 5.32 Å². The standard InChI is InChI=1S/C13H23NO4/c1-5-7-10(15)14-13(11(16)17)8-9(18-6-2)12(13,3)4/h9H,5-8H2,1-4H3,(H,14,15)(H,16,17). The second-order valence-corrected chi connectivity index (χ2v) is 5.38. The van der Waals surface area contributed by atoms with Crippen LogP contribution in [0.1, 0.15) is 47.0 Å². The van der Waals surface area contributed by atoms with Crippen LogP contribution in [0.15, 0.2) is 0 Å². The molecular weight excluding hydrogens is 234 g/mol. The molecule has 1 fully saturated rings. The minimum atomic E-state index is -1.20. The Hall–Kier alpha value is -1.10. The molecule has 2 atom stereocenters. The van der Waals surface area contributed by atoms with Gasteiger partial charge in [-0.15, -0.1) is 0 Å². The second-order valence-electron chi connectivity index (χ2n) is 5.38. The predicted octanol–water partition coefficient (Wildman–Crippen LogP) is 1.56. The fraction of sp³-hybridized carbons (Fsp3) is 0.846. The van der Waals surface area contributed by atoms with Gasteiger partial charge in [-0.25, -0.2) is 4.79 Å². The molecule has 0 saturated heterocycles. The van der Waals surface area contributed by atoms with Crippen molar-refractivity contribution in [2.24, 2.45) is 5.41 Å². The van der Waals surface area contributed by atoms with Crippen LogP contribution in [0.3, 0.4) is 0 Å². The molecule has 1 aliphatic carbocycles. The molecule has 1 saturated carbocycles. The predicted molar refractivity (Wildman–Crippen MR) is 67.2 cm³/mol. The number of rotatable bonds is 6. The monoisotopic (exact) mass is 257 g/mol. The lowest BCUT2D eigenvalue weighted by atomic mass is 9.54. The summed E-state index contributed by atoms with van der Waals surface area (Å²) in [5.41, 5.74) is -1.79. The number of carbonyl (C=O) groups is 2. The molecule has 5 heteroatoms. The van der Waals surface area contributed by atoms with E-state index in [0.717, 1.165) is 0 Å². The van der Waals surface area contributed by atoms with Crippen LogP contribution >= 0.6 is 0 Å². The number of carbonyl (C=O) groups excluding carboxylic acids is 1. The van der Waals surface area contributed by atoms with Crippen molar-refractivity contribution in [3.8, 4) is 0 Å². The van der Waals surface area contributed by atoms with Gasteiger partial charge in [0.25, 0.3) is 0 Å². The van der Waals surface area contributed by atoms with E-state index in [-0.39, 0.29) is 12.0 Å². The van der Waals surface area contributed by atoms with Gasteiger partial charge in [-0.2, -0.15) is 0 Å². The van der Waals surface area contributed by atoms with E-state index in [9.17, 15) is 14.7 Å². The van der Waals surface area contributed by atoms with Gasteiger partial charge in [0, 0.05) is 24.9 Å². The fourth-order valence-corrected chi connectivity index (χ4v) is 2.56. The molecule has 1 aliphatic rings. The summed E-state index contributed by atoms with van der Waals surface area (Å²) < 4.78 is 5.53. The molecule has 0 radical (unpaired) electrons. The Morgan fingerprint density at radius 2 is 2.00 bits per heavy atom. The smallest absolute Gasteiger partial charge is 0.330 e. The number of ether oxygens (including phenoxy) is 1. The summed E-state index contributed by atoms with van der Waals surface area (Å²) in [7, 11) is 0. The van der Waals surface area contributed by atoms with E-state index in [1.54, 1.807) is 0 Å². The number of hydrogen-bond donors (Lipinski definition) is 2. The molecule has 0 aliphatic heterocycles. The average molecular weight is 257 g/mol. The maximum Gasteiger partial charge on any atom is 0.330 e. The molecule has 0 aromatic heterocycles. The van der Waals surface area contributed by atoms with Crippen molar-refractivity contribution in [3.05, 3.63) is 0 Å². The fourth-order valence-electron chi connectivity index (χ4n) is 2.56. The summed E-state index contributed by atoms with van der Waals surface area (Å²) >= 11 is 0. The van der Waals surface area contributed by atoms with Crippen molar-refractivity contribution in [2.75, 3.05) is 6.61 Å². The Labute approximate surface area is 108 Å². The lowest BCUT2D eigenvalue weighted by molar-refractivity contribution is -0.194. The van der Waals surface area contributed by atoms with Crippen LogP contribution in [0.2, 0.25) is 0 Å². The molecule has 0 bridgehead atoms. The molecule has 0 spiro atoms. The van der Waals surface area contributed by atoms with Crippen molar-refractivity contribution in [3.63, 3.8) is 0 Å². The van der Waals surface area contributed by atoms with E-state index >= 15 is 0 Å². The number of aliphatic carboxylic acids is 1. The first-order chi connectivity index (χ1) is 8.31. The summed E-state index contributed by atoms with van der Waals surface area (Å²) in [5, 5.41) is 12.1. The van der Waals surface area contributed by atoms with E-state index in [4.69, 9.17) is 4.74 Å². The third-order valence-corrected chi connectivity index (χ3v) is 3.96. The highest BCUT2D eigenvalue weighted by Crippen LogP contribution is 2.51. The van der Waals surface area contributed by atoms with Crippen LogP contribution in [0.25, 0.3) is 0 Å². The highest BCUT2D eigenvalue weighted by Gasteiger charge is 2.66. The highest BCUT2D eigenvalue weighted by atomic mass is 16.5. The molecule has 0 aromatic rings. The normalized spacial score (nSPS) is 29.4. The zero-order valence-electron chi connectivity index (χ0n) is 11.6. The molecule has 2 N–H and O–H groups in total. The summed E-state index contributed by atoms with van der Waals surface area (Å²) in [6.07, 6.45) is 1.26. The first-order valence-corrected chi connectivity index (χ1v) is 6.47. The van der Waals surface area contributed by atoms with Gasteiger partial charge in [0.15, 0.2) is 0 Å². The van der Waals surface area contributed by atoms with Crippen LogP contribution < -0.4 is 5.32 Å². The number of hydrogen-bond acceptors (Lipinski definition) is 3. The van der Waals surface area contributed by atoms with Crippen LogP contribution in [0.5, 0.6) is 0 Å². The van der Waals surface area contributed by atoms with Crippen molar-refractivity contribution in [2.45, 2.75) is 58.6 Å². The second kappa shape index (κ2) is 5.26. The largest absolute Gasteiger partial charge is 0.479 e. The SMILES string of the molecule is CCCC(=O)NC1(C(=O)O)CC(OCC)C1(C)C. The van der Waals surface area contributed by atoms with Gasteiger partial charge >= 0.3 is 5.97 Å². The van der Waals surface area contributed by atoms with Gasteiger partial charge in [0.1, 0.15) is 5.54 Å². The summed E-state index contributed by atoms with van der Waals surface area (Å²) in [6, 6.07) is 0. The first-order valence-electron chi connectivity index (χ1n) is 6.47. The third-order valence-electron chi connectivity index (χ3n) is 3.96. The maximum atomic E-state index is 11.7. The van der Waals surface area contributed by atoms with Gasteiger partial charge in [0.2, 0.25) is 5.91 Å². The van der Waals surface area contributed by atoms with Gasteiger partial charge in [0.05, 0.1) is 6.10 Å². The average Bonchev–Trinajstić information content (AvgIpc) is 2.27. The Kier molecular flexibility index (Phi) is 4.37. The lowest BCUT2D eigenvalue weighted by Crippen LogP contribution is -2.76. The molecule has 1 rings (SSSR count). The van der Waals surface area contributed by atoms with E-state index in [1.165, 1.54) is 0 Å². The molecule has 2 unspecified atom stereocenters. The van der Waals surface area contributed by atoms with Crippen molar-refractivity contribution >= 4 is 11.9 Å². The van der Waals surface area contributed by atoms with E-state index in [2.05, 4.69) is 5.32 Å². The minimum absolute atomic E-state index is 0.125. The van der Waals surface area contributed by atoms with Crippen LogP contribution in [-0.4, -0.2) is 35.2 Å². The Morgan fingerprint density at radius 3 is 2.39 bits per heavy atom. The number of carboxylic acids is 1. The van der Waals surface area contributed by atoms with Crippen LogP contribution in [0.4, 0.5) is 0 Å². The maximum absolute atomic E-state index is 11.7. The van der Waals surface area contributed by atoms with E-state index in [0.29, 0.717) is 25.9 Å². The van der Waals surface area contributed by atoms with Gasteiger partial charge in [-0.05, 0) is 13.3 Å². The summed E-state index contributed by atoms with van der Waals surface area (Å²) in [6.45, 7) is 7.98. The van der Waals surface area contributed by atoms with Crippen molar-refractivity contribution in [1.29, 1.82) is 0 Å². The molecule has 1 amide bonds. The van der Waals surface area contributed by atoms with Crippen molar-refractivity contribution < 1.29 is 19.4 Å². The van der Waals surface area contributed by atoms with Crippen LogP contribution in [-0.2, 0) is 14.3 Å². The van der Waals surface area contributed by atoms with Crippen LogP contribution in [0, 0.1) is 5.41 Å². The number of nitrogens with one attached hydrogen (secondary N) is 1. The molecule has 0 aromatic carbocycles. The zero-order valence-corrected chi connectivity index (χ0v) is 11.6. The number of carboxylic acid groups (broad SMARTS) is 1. The summed E-state index contributed by atoms with van der Waals surface area (Å²) in [4.78, 5) is 23.2. The number of amides is 1. The molecule has 5 nitrogen and oxygen atoms in total. The zero-order chi connectivity index (χ0) is 14.0. The van der Waals surface area contributed by atoms with Gasteiger partial charge < -0.3 is 15.2 Å². The molecule has 0 heterocycles. The lowest BCUT2D eigenvalue weighted by Gasteiger charge is -2.58. The molecular formula is C13H23NO4. The minimum Gasteiger partial charge on any atom is -0.479 e. The Balaban J connectivity index is 2.85. The molecule has 18 heavy (non-hydrogen) atoms. The van der Waals surface area contributed by atoms with Gasteiger partial charge in [-0.1, -0.05) is 20.8 Å². The summed E-state index contributed by atoms with van der Waals surface area (Å²) in [5.74, 6) is -1.18. The highest BCUT2D eigenvalue weighted by molar-refractivity contribution is 5.89. The first kappa shape index (κ1) is 15.0. The topological polar surface area (TPSA) is 75.6 Å². The van der Waals surface area contributed by atoms with E-state index in [1.807, 2.05) is 27.7 Å². The van der Waals surface area contributed by atoms with E-state index < -0.39 is 16.9 Å².